The lowest BCUT2D eigenvalue weighted by Gasteiger charge is -2.42. The van der Waals surface area contributed by atoms with Crippen molar-refractivity contribution in [2.45, 2.75) is 37.5 Å². The molecule has 25 heavy (non-hydrogen) atoms. The van der Waals surface area contributed by atoms with Gasteiger partial charge in [0.2, 0.25) is 5.91 Å². The predicted octanol–water partition coefficient (Wildman–Crippen LogP) is 2.45. The summed E-state index contributed by atoms with van der Waals surface area (Å²) in [6.07, 6.45) is 3.85. The third kappa shape index (κ3) is 2.74. The number of likely N-dealkylation sites (tertiary alicyclic amines) is 1. The molecule has 2 saturated heterocycles. The van der Waals surface area contributed by atoms with Crippen LogP contribution < -0.4 is 0 Å². The summed E-state index contributed by atoms with van der Waals surface area (Å²) < 4.78 is 5.53. The molecular weight excluding hydrogens is 318 g/mol. The largest absolute Gasteiger partial charge is 0.481 e. The minimum absolute atomic E-state index is 0.0435. The van der Waals surface area contributed by atoms with Crippen molar-refractivity contribution in [3.8, 4) is 0 Å². The van der Waals surface area contributed by atoms with Gasteiger partial charge in [-0.3, -0.25) is 9.59 Å². The summed E-state index contributed by atoms with van der Waals surface area (Å²) in [5.41, 5.74) is 0.552. The quantitative estimate of drug-likeness (QED) is 0.915. The Morgan fingerprint density at radius 2 is 1.68 bits per heavy atom. The third-order valence-electron chi connectivity index (χ3n) is 6.62. The summed E-state index contributed by atoms with van der Waals surface area (Å²) in [5.74, 6) is -0.676. The fraction of sp³-hybridized carbons (Fsp3) is 0.600. The number of aliphatic carboxylic acids is 1. The number of piperidine rings is 1. The molecule has 5 nitrogen and oxygen atoms in total. The van der Waals surface area contributed by atoms with Crippen LogP contribution in [0.15, 0.2) is 30.3 Å². The molecule has 4 rings (SSSR count). The highest BCUT2D eigenvalue weighted by atomic mass is 16.5. The number of ether oxygens (including phenoxy) is 1. The predicted molar refractivity (Wildman–Crippen MR) is 92.2 cm³/mol. The molecule has 1 spiro atoms. The van der Waals surface area contributed by atoms with Gasteiger partial charge in [0.25, 0.3) is 0 Å². The Kier molecular flexibility index (Phi) is 4.07. The number of carbonyl (C=O) groups is 2. The lowest BCUT2D eigenvalue weighted by molar-refractivity contribution is -0.143. The molecule has 3 fully saturated rings. The third-order valence-corrected chi connectivity index (χ3v) is 6.62. The van der Waals surface area contributed by atoms with Gasteiger partial charge < -0.3 is 14.7 Å². The summed E-state index contributed by atoms with van der Waals surface area (Å²) in [7, 11) is 0. The standard InChI is InChI=1S/C20H25NO4/c22-17(23)16-14-19(16)6-10-21(11-7-19)18(24)20(8-12-25-13-9-20)15-4-2-1-3-5-15/h1-5,16H,6-14H2,(H,22,23). The van der Waals surface area contributed by atoms with Gasteiger partial charge in [0, 0.05) is 26.3 Å². The number of carbonyl (C=O) groups excluding carboxylic acids is 1. The van der Waals surface area contributed by atoms with E-state index >= 15 is 0 Å². The van der Waals surface area contributed by atoms with Crippen LogP contribution in [0.1, 0.15) is 37.7 Å². The second-order valence-corrected chi connectivity index (χ2v) is 7.81. The summed E-state index contributed by atoms with van der Waals surface area (Å²) >= 11 is 0. The molecule has 1 unspecified atom stereocenters. The fourth-order valence-corrected chi connectivity index (χ4v) is 4.81. The van der Waals surface area contributed by atoms with Crippen molar-refractivity contribution in [2.75, 3.05) is 26.3 Å². The average Bonchev–Trinajstić information content (AvgIpc) is 3.37. The van der Waals surface area contributed by atoms with Gasteiger partial charge in [-0.1, -0.05) is 30.3 Å². The molecule has 0 bridgehead atoms. The van der Waals surface area contributed by atoms with Crippen LogP contribution in [0, 0.1) is 11.3 Å². The Hall–Kier alpha value is -1.88. The van der Waals surface area contributed by atoms with Crippen LogP contribution in [-0.2, 0) is 19.7 Å². The first kappa shape index (κ1) is 16.6. The number of carboxylic acid groups (broad SMARTS) is 1. The molecule has 1 N–H and O–H groups in total. The summed E-state index contributed by atoms with van der Waals surface area (Å²) in [6, 6.07) is 10.1. The van der Waals surface area contributed by atoms with Crippen LogP contribution >= 0.6 is 0 Å². The van der Waals surface area contributed by atoms with E-state index in [1.165, 1.54) is 0 Å². The first-order chi connectivity index (χ1) is 12.1. The number of hydrogen-bond acceptors (Lipinski definition) is 3. The number of hydrogen-bond donors (Lipinski definition) is 1. The van der Waals surface area contributed by atoms with Crippen LogP contribution in [-0.4, -0.2) is 48.2 Å². The van der Waals surface area contributed by atoms with Gasteiger partial charge in [0.05, 0.1) is 11.3 Å². The fourth-order valence-electron chi connectivity index (χ4n) is 4.81. The Morgan fingerprint density at radius 3 is 2.24 bits per heavy atom. The van der Waals surface area contributed by atoms with Crippen LogP contribution in [0.2, 0.25) is 0 Å². The molecule has 134 valence electrons. The highest BCUT2D eigenvalue weighted by molar-refractivity contribution is 5.88. The van der Waals surface area contributed by atoms with Crippen LogP contribution in [0.3, 0.4) is 0 Å². The lowest BCUT2D eigenvalue weighted by Crippen LogP contribution is -2.52. The topological polar surface area (TPSA) is 66.8 Å². The molecule has 1 aromatic carbocycles. The molecule has 1 saturated carbocycles. The van der Waals surface area contributed by atoms with Crippen molar-refractivity contribution in [3.05, 3.63) is 35.9 Å². The second kappa shape index (κ2) is 6.13. The van der Waals surface area contributed by atoms with Gasteiger partial charge in [-0.05, 0) is 43.1 Å². The number of rotatable bonds is 3. The molecule has 2 heterocycles. The van der Waals surface area contributed by atoms with Gasteiger partial charge in [0.1, 0.15) is 0 Å². The zero-order chi connectivity index (χ0) is 17.5. The van der Waals surface area contributed by atoms with E-state index in [0.717, 1.165) is 37.7 Å². The highest BCUT2D eigenvalue weighted by Crippen LogP contribution is 2.59. The van der Waals surface area contributed by atoms with E-state index in [-0.39, 0.29) is 17.2 Å². The molecule has 5 heteroatoms. The zero-order valence-corrected chi connectivity index (χ0v) is 14.4. The van der Waals surface area contributed by atoms with E-state index in [9.17, 15) is 14.7 Å². The maximum Gasteiger partial charge on any atom is 0.307 e. The Bertz CT molecular complexity index is 658. The Morgan fingerprint density at radius 1 is 1.04 bits per heavy atom. The smallest absolute Gasteiger partial charge is 0.307 e. The van der Waals surface area contributed by atoms with Crippen molar-refractivity contribution in [1.29, 1.82) is 0 Å². The molecular formula is C20H25NO4. The number of benzene rings is 1. The molecule has 1 atom stereocenters. The van der Waals surface area contributed by atoms with E-state index in [4.69, 9.17) is 4.74 Å². The maximum absolute atomic E-state index is 13.5. The molecule has 0 radical (unpaired) electrons. The van der Waals surface area contributed by atoms with E-state index in [1.807, 2.05) is 23.1 Å². The van der Waals surface area contributed by atoms with Gasteiger partial charge in [0.15, 0.2) is 0 Å². The van der Waals surface area contributed by atoms with E-state index < -0.39 is 11.4 Å². The van der Waals surface area contributed by atoms with E-state index in [0.29, 0.717) is 26.3 Å². The molecule has 1 amide bonds. The summed E-state index contributed by atoms with van der Waals surface area (Å²) in [5, 5.41) is 9.24. The van der Waals surface area contributed by atoms with Crippen molar-refractivity contribution in [1.82, 2.24) is 4.90 Å². The monoisotopic (exact) mass is 343 g/mol. The molecule has 0 aromatic heterocycles. The minimum Gasteiger partial charge on any atom is -0.481 e. The van der Waals surface area contributed by atoms with Crippen molar-refractivity contribution >= 4 is 11.9 Å². The van der Waals surface area contributed by atoms with Crippen LogP contribution in [0.5, 0.6) is 0 Å². The molecule has 3 aliphatic rings. The minimum atomic E-state index is -0.676. The summed E-state index contributed by atoms with van der Waals surface area (Å²) in [4.78, 5) is 26.7. The summed E-state index contributed by atoms with van der Waals surface area (Å²) in [6.45, 7) is 2.58. The number of amides is 1. The van der Waals surface area contributed by atoms with Gasteiger partial charge in [-0.25, -0.2) is 0 Å². The second-order valence-electron chi connectivity index (χ2n) is 7.81. The molecule has 1 aromatic rings. The van der Waals surface area contributed by atoms with Crippen LogP contribution in [0.4, 0.5) is 0 Å². The normalized spacial score (nSPS) is 27.0. The average molecular weight is 343 g/mol. The van der Waals surface area contributed by atoms with Gasteiger partial charge >= 0.3 is 5.97 Å². The Balaban J connectivity index is 1.52. The zero-order valence-electron chi connectivity index (χ0n) is 14.4. The SMILES string of the molecule is O=C(O)C1CC12CCN(C(=O)C1(c3ccccc3)CCOCC1)CC2. The van der Waals surface area contributed by atoms with E-state index in [2.05, 4.69) is 12.1 Å². The first-order valence-electron chi connectivity index (χ1n) is 9.23. The molecule has 2 aliphatic heterocycles. The maximum atomic E-state index is 13.5. The van der Waals surface area contributed by atoms with E-state index in [1.54, 1.807) is 0 Å². The Labute approximate surface area is 148 Å². The van der Waals surface area contributed by atoms with Crippen molar-refractivity contribution < 1.29 is 19.4 Å². The van der Waals surface area contributed by atoms with Crippen molar-refractivity contribution in [3.63, 3.8) is 0 Å². The van der Waals surface area contributed by atoms with Crippen molar-refractivity contribution in [2.24, 2.45) is 11.3 Å². The van der Waals surface area contributed by atoms with Crippen LogP contribution in [0.25, 0.3) is 0 Å². The first-order valence-corrected chi connectivity index (χ1v) is 9.23. The number of nitrogens with zero attached hydrogens (tertiary/aromatic N) is 1. The molecule has 1 aliphatic carbocycles. The highest BCUT2D eigenvalue weighted by Gasteiger charge is 2.59. The lowest BCUT2D eigenvalue weighted by atomic mass is 9.72. The van der Waals surface area contributed by atoms with Gasteiger partial charge in [-0.15, -0.1) is 0 Å². The van der Waals surface area contributed by atoms with Gasteiger partial charge in [-0.2, -0.15) is 0 Å². The number of carboxylic acids is 1.